The van der Waals surface area contributed by atoms with Crippen LogP contribution < -0.4 is 10.2 Å². The fourth-order valence-electron chi connectivity index (χ4n) is 9.80. The number of quaternary nitrogens is 1. The summed E-state index contributed by atoms with van der Waals surface area (Å²) in [5, 5.41) is 14.1. The number of hydrogen-bond donors (Lipinski definition) is 2. The summed E-state index contributed by atoms with van der Waals surface area (Å²) in [4.78, 5) is 25.6. The summed E-state index contributed by atoms with van der Waals surface area (Å²) in [5.74, 6) is -0.157. The summed E-state index contributed by atoms with van der Waals surface area (Å²) in [5.41, 5.74) is 0. The van der Waals surface area contributed by atoms with E-state index in [2.05, 4.69) is 31.3 Å². The third-order valence-corrected chi connectivity index (χ3v) is 15.7. The SMILES string of the molecule is CCCCCCCCCC/C=C\CCCCCCCCCCCCCCCCCCCC(=O)NC(COP(=O)([O-])OCC[N+](C)(C)C)C(O)CCCCCCCCCCCCCCCCCCCCCC. The molecule has 9 heteroatoms. The van der Waals surface area contributed by atoms with Gasteiger partial charge >= 0.3 is 0 Å². The first-order chi connectivity index (χ1) is 34.5. The molecule has 8 nitrogen and oxygen atoms in total. The van der Waals surface area contributed by atoms with Gasteiger partial charge in [0.25, 0.3) is 7.82 Å². The van der Waals surface area contributed by atoms with Gasteiger partial charge in [-0.1, -0.05) is 296 Å². The Kier molecular flexibility index (Phi) is 53.5. The molecule has 0 aromatic heterocycles. The summed E-state index contributed by atoms with van der Waals surface area (Å²) in [6.07, 6.45) is 66.9. The average molecular weight is 1030 g/mol. The molecular weight excluding hydrogens is 900 g/mol. The molecule has 0 saturated heterocycles. The van der Waals surface area contributed by atoms with Crippen LogP contribution in [-0.2, 0) is 18.4 Å². The van der Waals surface area contributed by atoms with Crippen molar-refractivity contribution >= 4 is 13.7 Å². The van der Waals surface area contributed by atoms with E-state index < -0.39 is 20.0 Å². The molecule has 0 fully saturated rings. The van der Waals surface area contributed by atoms with E-state index in [4.69, 9.17) is 9.05 Å². The van der Waals surface area contributed by atoms with Crippen molar-refractivity contribution in [1.29, 1.82) is 0 Å². The van der Waals surface area contributed by atoms with Crippen LogP contribution in [0.1, 0.15) is 328 Å². The minimum Gasteiger partial charge on any atom is -0.756 e. The number of likely N-dealkylation sites (N-methyl/N-ethyl adjacent to an activating group) is 1. The summed E-state index contributed by atoms with van der Waals surface area (Å²) in [6.45, 7) is 4.78. The van der Waals surface area contributed by atoms with Gasteiger partial charge in [-0.05, 0) is 38.5 Å². The molecule has 0 spiro atoms. The second kappa shape index (κ2) is 54.0. The highest BCUT2D eigenvalue weighted by atomic mass is 31.2. The van der Waals surface area contributed by atoms with Crippen LogP contribution in [0.3, 0.4) is 0 Å². The number of aliphatic hydroxyl groups is 1. The van der Waals surface area contributed by atoms with Gasteiger partial charge in [0, 0.05) is 6.42 Å². The van der Waals surface area contributed by atoms with Crippen LogP contribution in [0.5, 0.6) is 0 Å². The van der Waals surface area contributed by atoms with Gasteiger partial charge in [-0.15, -0.1) is 0 Å². The molecule has 0 saturated carbocycles. The first-order valence-electron chi connectivity index (χ1n) is 31.5. The van der Waals surface area contributed by atoms with E-state index in [1.165, 1.54) is 263 Å². The number of phosphoric ester groups is 1. The summed E-state index contributed by atoms with van der Waals surface area (Å²) < 4.78 is 23.5. The molecule has 0 aromatic carbocycles. The number of rotatable bonds is 59. The summed E-state index contributed by atoms with van der Waals surface area (Å²) in [6, 6.07) is -0.797. The Bertz CT molecular complexity index is 1160. The summed E-state index contributed by atoms with van der Waals surface area (Å²) >= 11 is 0. The Morgan fingerprint density at radius 1 is 0.479 bits per heavy atom. The number of nitrogens with zero attached hydrogens (tertiary/aromatic N) is 1. The first kappa shape index (κ1) is 70.2. The molecule has 0 aromatic rings. The predicted octanol–water partition coefficient (Wildman–Crippen LogP) is 18.8. The first-order valence-corrected chi connectivity index (χ1v) is 33.0. The Hall–Kier alpha value is -0.760. The Morgan fingerprint density at radius 3 is 1.10 bits per heavy atom. The number of allylic oxidation sites excluding steroid dienone is 2. The number of aliphatic hydroxyl groups excluding tert-OH is 1. The number of unbranched alkanes of at least 4 members (excludes halogenated alkanes) is 44. The van der Waals surface area contributed by atoms with Crippen LogP contribution >= 0.6 is 7.82 Å². The highest BCUT2D eigenvalue weighted by molar-refractivity contribution is 7.45. The van der Waals surface area contributed by atoms with Gasteiger partial charge in [-0.3, -0.25) is 9.36 Å². The van der Waals surface area contributed by atoms with Gasteiger partial charge in [0.1, 0.15) is 13.2 Å². The van der Waals surface area contributed by atoms with Crippen molar-refractivity contribution < 1.29 is 32.9 Å². The Labute approximate surface area is 443 Å². The highest BCUT2D eigenvalue weighted by Crippen LogP contribution is 2.38. The smallest absolute Gasteiger partial charge is 0.268 e. The number of carbonyl (C=O) groups is 1. The minimum atomic E-state index is -4.57. The quantitative estimate of drug-likeness (QED) is 0.0272. The monoisotopic (exact) mass is 1020 g/mol. The molecular formula is C62H125N2O6P. The van der Waals surface area contributed by atoms with E-state index in [0.717, 1.165) is 38.5 Å². The van der Waals surface area contributed by atoms with E-state index >= 15 is 0 Å². The van der Waals surface area contributed by atoms with E-state index in [0.29, 0.717) is 23.9 Å². The largest absolute Gasteiger partial charge is 0.756 e. The number of hydrogen-bond acceptors (Lipinski definition) is 6. The van der Waals surface area contributed by atoms with Crippen molar-refractivity contribution in [3.05, 3.63) is 12.2 Å². The maximum atomic E-state index is 13.0. The molecule has 0 aliphatic heterocycles. The van der Waals surface area contributed by atoms with E-state index in [1.54, 1.807) is 0 Å². The lowest BCUT2D eigenvalue weighted by atomic mass is 10.0. The van der Waals surface area contributed by atoms with Gasteiger partial charge in [0.2, 0.25) is 5.91 Å². The molecule has 71 heavy (non-hydrogen) atoms. The van der Waals surface area contributed by atoms with Crippen LogP contribution in [-0.4, -0.2) is 68.5 Å². The lowest BCUT2D eigenvalue weighted by Gasteiger charge is -2.30. The highest BCUT2D eigenvalue weighted by Gasteiger charge is 2.24. The fourth-order valence-corrected chi connectivity index (χ4v) is 10.5. The maximum Gasteiger partial charge on any atom is 0.268 e. The van der Waals surface area contributed by atoms with Crippen molar-refractivity contribution in [2.45, 2.75) is 341 Å². The second-order valence-electron chi connectivity index (χ2n) is 23.1. The third kappa shape index (κ3) is 56.8. The zero-order chi connectivity index (χ0) is 52.0. The molecule has 3 atom stereocenters. The van der Waals surface area contributed by atoms with Crippen LogP contribution in [0.25, 0.3) is 0 Å². The molecule has 1 amide bonds. The molecule has 0 radical (unpaired) electrons. The Balaban J connectivity index is 4.04. The molecule has 0 aliphatic rings. The van der Waals surface area contributed by atoms with Gasteiger partial charge in [0.05, 0.1) is 39.9 Å². The zero-order valence-electron chi connectivity index (χ0n) is 48.5. The van der Waals surface area contributed by atoms with Gasteiger partial charge in [-0.2, -0.15) is 0 Å². The molecule has 424 valence electrons. The van der Waals surface area contributed by atoms with E-state index in [9.17, 15) is 19.4 Å². The number of phosphoric acid groups is 1. The molecule has 0 aliphatic carbocycles. The van der Waals surface area contributed by atoms with Crippen molar-refractivity contribution in [2.24, 2.45) is 0 Å². The van der Waals surface area contributed by atoms with Crippen molar-refractivity contribution in [3.63, 3.8) is 0 Å². The van der Waals surface area contributed by atoms with Crippen LogP contribution in [0.15, 0.2) is 12.2 Å². The van der Waals surface area contributed by atoms with Gasteiger partial charge in [-0.25, -0.2) is 0 Å². The van der Waals surface area contributed by atoms with Crippen molar-refractivity contribution in [3.8, 4) is 0 Å². The zero-order valence-corrected chi connectivity index (χ0v) is 49.4. The Morgan fingerprint density at radius 2 is 0.775 bits per heavy atom. The normalized spacial score (nSPS) is 13.8. The van der Waals surface area contributed by atoms with Crippen LogP contribution in [0.2, 0.25) is 0 Å². The lowest BCUT2D eigenvalue weighted by molar-refractivity contribution is -0.870. The summed E-state index contributed by atoms with van der Waals surface area (Å²) in [7, 11) is 1.32. The average Bonchev–Trinajstić information content (AvgIpc) is 3.33. The topological polar surface area (TPSA) is 108 Å². The second-order valence-corrected chi connectivity index (χ2v) is 24.5. The van der Waals surface area contributed by atoms with E-state index in [-0.39, 0.29) is 19.1 Å². The molecule has 0 rings (SSSR count). The third-order valence-electron chi connectivity index (χ3n) is 14.8. The van der Waals surface area contributed by atoms with Crippen molar-refractivity contribution in [1.82, 2.24) is 5.32 Å². The standard InChI is InChI=1S/C62H125N2O6P/c1-6-8-10-12-14-16-18-20-22-24-26-28-29-30-31-32-33-34-35-36-38-40-42-44-46-48-50-52-54-56-62(66)63-60(59-70-71(67,68)69-58-57-64(3,4)5)61(65)55-53-51-49-47-45-43-41-39-37-27-25-23-21-19-17-15-13-11-9-7-2/h24,26,60-61,65H,6-23,25,27-59H2,1-5H3,(H-,63,66,67,68)/b26-24-. The fraction of sp³-hybridized carbons (Fsp3) is 0.952. The minimum absolute atomic E-state index is 0.0156. The number of carbonyl (C=O) groups excluding carboxylic acids is 1. The number of nitrogens with one attached hydrogen (secondary N) is 1. The van der Waals surface area contributed by atoms with Crippen molar-refractivity contribution in [2.75, 3.05) is 40.9 Å². The van der Waals surface area contributed by atoms with Gasteiger partial charge < -0.3 is 28.8 Å². The van der Waals surface area contributed by atoms with Crippen LogP contribution in [0, 0.1) is 0 Å². The molecule has 0 heterocycles. The molecule has 3 unspecified atom stereocenters. The molecule has 2 N–H and O–H groups in total. The number of amides is 1. The van der Waals surface area contributed by atoms with Crippen LogP contribution in [0.4, 0.5) is 0 Å². The molecule has 0 bridgehead atoms. The van der Waals surface area contributed by atoms with E-state index in [1.807, 2.05) is 21.1 Å². The predicted molar refractivity (Wildman–Crippen MR) is 307 cm³/mol. The van der Waals surface area contributed by atoms with Gasteiger partial charge in [0.15, 0.2) is 0 Å². The maximum absolute atomic E-state index is 13.0. The lowest BCUT2D eigenvalue weighted by Crippen LogP contribution is -2.46.